The van der Waals surface area contributed by atoms with Crippen LogP contribution in [-0.2, 0) is 0 Å². The van der Waals surface area contributed by atoms with Crippen molar-refractivity contribution in [3.05, 3.63) is 46.7 Å². The molecule has 1 heterocycles. The lowest BCUT2D eigenvalue weighted by Gasteiger charge is -2.08. The third-order valence-electron chi connectivity index (χ3n) is 3.04. The molecule has 1 aromatic heterocycles. The van der Waals surface area contributed by atoms with E-state index in [-0.39, 0.29) is 5.75 Å². The number of halogens is 2. The highest BCUT2D eigenvalue weighted by Crippen LogP contribution is 2.29. The summed E-state index contributed by atoms with van der Waals surface area (Å²) in [5.74, 6) is 0.00573. The first-order valence-corrected chi connectivity index (χ1v) is 6.67. The number of nitrogens with two attached hydrogens (primary N) is 1. The molecule has 3 rings (SSSR count). The molecule has 0 saturated heterocycles. The van der Waals surface area contributed by atoms with Gasteiger partial charge in [0.15, 0.2) is 11.6 Å². The first-order chi connectivity index (χ1) is 9.60. The Hall–Kier alpha value is -2.08. The quantitative estimate of drug-likeness (QED) is 0.779. The van der Waals surface area contributed by atoms with E-state index in [4.69, 9.17) is 10.5 Å². The molecule has 0 atom stereocenters. The van der Waals surface area contributed by atoms with Crippen LogP contribution in [0, 0.1) is 5.82 Å². The summed E-state index contributed by atoms with van der Waals surface area (Å²) in [6, 6.07) is 10.5. The first-order valence-electron chi connectivity index (χ1n) is 5.87. The van der Waals surface area contributed by atoms with E-state index < -0.39 is 5.82 Å². The summed E-state index contributed by atoms with van der Waals surface area (Å²) in [6.07, 6.45) is 0. The molecular weight excluding hydrogens is 325 g/mol. The van der Waals surface area contributed by atoms with Crippen molar-refractivity contribution in [1.29, 1.82) is 0 Å². The van der Waals surface area contributed by atoms with Crippen LogP contribution in [0.4, 0.5) is 10.3 Å². The smallest absolute Gasteiger partial charge is 0.205 e. The summed E-state index contributed by atoms with van der Waals surface area (Å²) in [6.45, 7) is 0. The van der Waals surface area contributed by atoms with Crippen molar-refractivity contribution in [3.8, 4) is 11.4 Å². The van der Waals surface area contributed by atoms with Crippen molar-refractivity contribution >= 4 is 32.9 Å². The van der Waals surface area contributed by atoms with Gasteiger partial charge in [-0.2, -0.15) is 0 Å². The largest absolute Gasteiger partial charge is 0.494 e. The Kier molecular flexibility index (Phi) is 3.10. The molecule has 0 amide bonds. The summed E-state index contributed by atoms with van der Waals surface area (Å²) >= 11 is 3.38. The molecule has 0 radical (unpaired) electrons. The summed E-state index contributed by atoms with van der Waals surface area (Å²) in [5.41, 5.74) is 7.98. The van der Waals surface area contributed by atoms with Crippen molar-refractivity contribution in [2.45, 2.75) is 0 Å². The van der Waals surface area contributed by atoms with Gasteiger partial charge in [0.25, 0.3) is 0 Å². The molecule has 102 valence electrons. The van der Waals surface area contributed by atoms with Crippen LogP contribution in [0.1, 0.15) is 0 Å². The number of nitrogens with zero attached hydrogens (tertiary/aromatic N) is 2. The second-order valence-electron chi connectivity index (χ2n) is 4.26. The second kappa shape index (κ2) is 4.79. The van der Waals surface area contributed by atoms with Crippen molar-refractivity contribution in [3.63, 3.8) is 0 Å². The molecule has 2 aromatic carbocycles. The third-order valence-corrected chi connectivity index (χ3v) is 3.57. The first kappa shape index (κ1) is 12.9. The number of benzene rings is 2. The summed E-state index contributed by atoms with van der Waals surface area (Å²) < 4.78 is 21.4. The Morgan fingerprint density at radius 3 is 2.60 bits per heavy atom. The molecule has 6 heteroatoms. The Balaban J connectivity index is 2.29. The highest BCUT2D eigenvalue weighted by molar-refractivity contribution is 9.10. The van der Waals surface area contributed by atoms with Crippen LogP contribution in [0.5, 0.6) is 5.75 Å². The lowest BCUT2D eigenvalue weighted by atomic mass is 10.2. The van der Waals surface area contributed by atoms with Crippen LogP contribution >= 0.6 is 15.9 Å². The number of hydrogen-bond acceptors (Lipinski definition) is 3. The van der Waals surface area contributed by atoms with Gasteiger partial charge in [-0.3, -0.25) is 4.57 Å². The number of aromatic nitrogens is 2. The molecule has 3 aromatic rings. The van der Waals surface area contributed by atoms with Gasteiger partial charge in [-0.05, 0) is 24.3 Å². The van der Waals surface area contributed by atoms with E-state index in [9.17, 15) is 4.39 Å². The van der Waals surface area contributed by atoms with Crippen molar-refractivity contribution in [1.82, 2.24) is 9.55 Å². The van der Waals surface area contributed by atoms with E-state index in [0.717, 1.165) is 10.2 Å². The fourth-order valence-electron chi connectivity index (χ4n) is 2.12. The van der Waals surface area contributed by atoms with E-state index in [2.05, 4.69) is 20.9 Å². The van der Waals surface area contributed by atoms with Crippen LogP contribution in [0.3, 0.4) is 0 Å². The Bertz CT molecular complexity index is 783. The molecule has 0 fully saturated rings. The second-order valence-corrected chi connectivity index (χ2v) is 5.17. The fourth-order valence-corrected chi connectivity index (χ4v) is 2.38. The van der Waals surface area contributed by atoms with Gasteiger partial charge in [0.1, 0.15) is 0 Å². The molecule has 0 bridgehead atoms. The van der Waals surface area contributed by atoms with Gasteiger partial charge in [0.2, 0.25) is 5.95 Å². The number of fused-ring (bicyclic) bond motifs is 1. The third kappa shape index (κ3) is 2.02. The molecule has 0 unspecified atom stereocenters. The molecule has 0 spiro atoms. The number of methoxy groups -OCH3 is 1. The van der Waals surface area contributed by atoms with Crippen molar-refractivity contribution in [2.75, 3.05) is 12.8 Å². The highest BCUT2D eigenvalue weighted by atomic mass is 79.9. The maximum atomic E-state index is 13.7. The maximum Gasteiger partial charge on any atom is 0.205 e. The van der Waals surface area contributed by atoms with E-state index in [1.54, 1.807) is 10.6 Å². The lowest BCUT2D eigenvalue weighted by Crippen LogP contribution is -2.00. The maximum absolute atomic E-state index is 13.7. The average molecular weight is 336 g/mol. The molecule has 2 N–H and O–H groups in total. The van der Waals surface area contributed by atoms with E-state index in [0.29, 0.717) is 17.0 Å². The van der Waals surface area contributed by atoms with Crippen LogP contribution in [0.15, 0.2) is 40.9 Å². The van der Waals surface area contributed by atoms with E-state index in [1.807, 2.05) is 24.3 Å². The van der Waals surface area contributed by atoms with Gasteiger partial charge in [0.05, 0.1) is 18.1 Å². The number of ether oxygens (including phenoxy) is 1. The molecule has 0 aliphatic carbocycles. The zero-order valence-corrected chi connectivity index (χ0v) is 12.2. The topological polar surface area (TPSA) is 53.1 Å². The number of nitrogen functional groups attached to an aromatic ring is 1. The predicted octanol–water partition coefficient (Wildman–Crippen LogP) is 3.52. The van der Waals surface area contributed by atoms with Gasteiger partial charge in [-0.1, -0.05) is 15.9 Å². The van der Waals surface area contributed by atoms with Gasteiger partial charge >= 0.3 is 0 Å². The minimum Gasteiger partial charge on any atom is -0.494 e. The van der Waals surface area contributed by atoms with Crippen LogP contribution < -0.4 is 10.5 Å². The van der Waals surface area contributed by atoms with Crippen LogP contribution in [0.2, 0.25) is 0 Å². The van der Waals surface area contributed by atoms with Gasteiger partial charge in [-0.25, -0.2) is 9.37 Å². The monoisotopic (exact) mass is 335 g/mol. The van der Waals surface area contributed by atoms with Gasteiger partial charge < -0.3 is 10.5 Å². The molecule has 0 saturated carbocycles. The zero-order valence-electron chi connectivity index (χ0n) is 10.6. The number of hydrogen-bond donors (Lipinski definition) is 1. The lowest BCUT2D eigenvalue weighted by molar-refractivity contribution is 0.387. The summed E-state index contributed by atoms with van der Waals surface area (Å²) in [7, 11) is 1.42. The molecule has 20 heavy (non-hydrogen) atoms. The zero-order chi connectivity index (χ0) is 14.3. The number of imidazole rings is 1. The number of anilines is 1. The summed E-state index contributed by atoms with van der Waals surface area (Å²) in [5, 5.41) is 0. The van der Waals surface area contributed by atoms with Crippen LogP contribution in [-0.4, -0.2) is 16.7 Å². The van der Waals surface area contributed by atoms with Crippen molar-refractivity contribution < 1.29 is 9.13 Å². The Labute approximate surface area is 123 Å². The molecule has 0 aliphatic rings. The standard InChI is InChI=1S/C14H11BrFN3O/c1-20-13-7-12-11(6-10(13)16)18-14(17)19(12)9-4-2-8(15)3-5-9/h2-7H,1H3,(H2,17,18). The minimum atomic E-state index is -0.458. The predicted molar refractivity (Wildman–Crippen MR) is 79.7 cm³/mol. The van der Waals surface area contributed by atoms with E-state index >= 15 is 0 Å². The van der Waals surface area contributed by atoms with E-state index in [1.165, 1.54) is 13.2 Å². The molecule has 4 nitrogen and oxygen atoms in total. The Morgan fingerprint density at radius 2 is 1.95 bits per heavy atom. The highest BCUT2D eigenvalue weighted by Gasteiger charge is 2.14. The van der Waals surface area contributed by atoms with Crippen molar-refractivity contribution in [2.24, 2.45) is 0 Å². The summed E-state index contributed by atoms with van der Waals surface area (Å²) in [4.78, 5) is 4.18. The average Bonchev–Trinajstić information content (AvgIpc) is 2.74. The normalized spacial score (nSPS) is 10.9. The minimum absolute atomic E-state index is 0.163. The fraction of sp³-hybridized carbons (Fsp3) is 0.0714. The van der Waals surface area contributed by atoms with Crippen LogP contribution in [0.25, 0.3) is 16.7 Å². The number of rotatable bonds is 2. The molecule has 0 aliphatic heterocycles. The Morgan fingerprint density at radius 1 is 1.25 bits per heavy atom. The van der Waals surface area contributed by atoms with Gasteiger partial charge in [0, 0.05) is 22.3 Å². The molecular formula is C14H11BrFN3O. The van der Waals surface area contributed by atoms with Gasteiger partial charge in [-0.15, -0.1) is 0 Å². The SMILES string of the molecule is COc1cc2c(cc1F)nc(N)n2-c1ccc(Br)cc1.